The lowest BCUT2D eigenvalue weighted by Crippen LogP contribution is -2.32. The summed E-state index contributed by atoms with van der Waals surface area (Å²) in [5, 5.41) is 3.17. The number of rotatable bonds is 5. The standard InChI is InChI=1S/C21H24N4O2/c1-22-21-18-9-5-11-24(18)14-16(23-21)17-8-6-12-25(17)20(26)13-15-7-3-4-10-19(15)27-2/h3-5,7,9-11,14,17H,6,8,12-13H2,1-2H3,(H,22,23)/t17-/m0/s1. The van der Waals surface area contributed by atoms with Crippen molar-refractivity contribution in [3.63, 3.8) is 0 Å². The monoisotopic (exact) mass is 364 g/mol. The number of likely N-dealkylation sites (tertiary alicyclic amines) is 1. The number of benzene rings is 1. The van der Waals surface area contributed by atoms with Gasteiger partial charge in [-0.3, -0.25) is 4.79 Å². The molecule has 1 saturated heterocycles. The predicted molar refractivity (Wildman–Crippen MR) is 105 cm³/mol. The highest BCUT2D eigenvalue weighted by molar-refractivity contribution is 5.80. The van der Waals surface area contributed by atoms with Crippen LogP contribution in [0.3, 0.4) is 0 Å². The van der Waals surface area contributed by atoms with Crippen LogP contribution in [-0.2, 0) is 11.2 Å². The van der Waals surface area contributed by atoms with Gasteiger partial charge in [0.1, 0.15) is 11.6 Å². The Balaban J connectivity index is 1.61. The minimum atomic E-state index is 0.00565. The van der Waals surface area contributed by atoms with Gasteiger partial charge in [0.2, 0.25) is 5.91 Å². The van der Waals surface area contributed by atoms with Gasteiger partial charge in [0.25, 0.3) is 0 Å². The summed E-state index contributed by atoms with van der Waals surface area (Å²) in [6.07, 6.45) is 6.31. The summed E-state index contributed by atoms with van der Waals surface area (Å²) < 4.78 is 7.46. The fourth-order valence-corrected chi connectivity index (χ4v) is 3.90. The van der Waals surface area contributed by atoms with E-state index in [1.807, 2.05) is 60.7 Å². The van der Waals surface area contributed by atoms with E-state index in [9.17, 15) is 4.79 Å². The molecule has 1 aliphatic rings. The summed E-state index contributed by atoms with van der Waals surface area (Å²) in [6, 6.07) is 11.7. The molecule has 6 nitrogen and oxygen atoms in total. The molecule has 1 aromatic carbocycles. The zero-order valence-electron chi connectivity index (χ0n) is 15.7. The van der Waals surface area contributed by atoms with Gasteiger partial charge in [-0.2, -0.15) is 0 Å². The van der Waals surface area contributed by atoms with Crippen molar-refractivity contribution < 1.29 is 9.53 Å². The normalized spacial score (nSPS) is 16.7. The van der Waals surface area contributed by atoms with E-state index in [0.29, 0.717) is 6.42 Å². The van der Waals surface area contributed by atoms with Gasteiger partial charge in [-0.25, -0.2) is 4.98 Å². The third kappa shape index (κ3) is 3.23. The van der Waals surface area contributed by atoms with Crippen LogP contribution in [0.15, 0.2) is 48.8 Å². The lowest BCUT2D eigenvalue weighted by molar-refractivity contribution is -0.131. The van der Waals surface area contributed by atoms with Crippen molar-refractivity contribution in [1.82, 2.24) is 14.3 Å². The zero-order valence-corrected chi connectivity index (χ0v) is 15.7. The molecular weight excluding hydrogens is 340 g/mol. The number of amides is 1. The van der Waals surface area contributed by atoms with E-state index in [2.05, 4.69) is 9.72 Å². The van der Waals surface area contributed by atoms with Gasteiger partial charge in [0.05, 0.1) is 30.8 Å². The second kappa shape index (κ2) is 7.31. The molecule has 27 heavy (non-hydrogen) atoms. The van der Waals surface area contributed by atoms with E-state index in [1.165, 1.54) is 0 Å². The summed E-state index contributed by atoms with van der Waals surface area (Å²) in [6.45, 7) is 0.763. The summed E-state index contributed by atoms with van der Waals surface area (Å²) in [4.78, 5) is 19.8. The number of nitrogens with zero attached hydrogens (tertiary/aromatic N) is 3. The molecule has 0 saturated carbocycles. The molecule has 4 rings (SSSR count). The Bertz CT molecular complexity index is 966. The minimum absolute atomic E-state index is 0.00565. The lowest BCUT2D eigenvalue weighted by atomic mass is 10.1. The summed E-state index contributed by atoms with van der Waals surface area (Å²) in [5.74, 6) is 1.70. The van der Waals surface area contributed by atoms with Gasteiger partial charge in [-0.1, -0.05) is 18.2 Å². The average Bonchev–Trinajstić information content (AvgIpc) is 3.36. The summed E-state index contributed by atoms with van der Waals surface area (Å²) >= 11 is 0. The Hall–Kier alpha value is -3.02. The van der Waals surface area contributed by atoms with Crippen molar-refractivity contribution in [1.29, 1.82) is 0 Å². The number of anilines is 1. The third-order valence-electron chi connectivity index (χ3n) is 5.22. The van der Waals surface area contributed by atoms with Crippen molar-refractivity contribution >= 4 is 17.2 Å². The molecule has 1 atom stereocenters. The molecule has 0 spiro atoms. The van der Waals surface area contributed by atoms with Crippen LogP contribution in [0.2, 0.25) is 0 Å². The molecule has 6 heteroatoms. The Kier molecular flexibility index (Phi) is 4.71. The quantitative estimate of drug-likeness (QED) is 0.755. The highest BCUT2D eigenvalue weighted by atomic mass is 16.5. The lowest BCUT2D eigenvalue weighted by Gasteiger charge is -2.25. The van der Waals surface area contributed by atoms with E-state index in [1.54, 1.807) is 7.11 Å². The van der Waals surface area contributed by atoms with Gasteiger partial charge in [0.15, 0.2) is 0 Å². The molecule has 0 bridgehead atoms. The van der Waals surface area contributed by atoms with Crippen molar-refractivity contribution in [2.45, 2.75) is 25.3 Å². The number of carbonyl (C=O) groups excluding carboxylic acids is 1. The Morgan fingerprint density at radius 3 is 2.96 bits per heavy atom. The number of hydrogen-bond acceptors (Lipinski definition) is 4. The average molecular weight is 364 g/mol. The van der Waals surface area contributed by atoms with Crippen LogP contribution in [0, 0.1) is 0 Å². The van der Waals surface area contributed by atoms with Gasteiger partial charge in [-0.05, 0) is 31.0 Å². The molecule has 1 fully saturated rings. The van der Waals surface area contributed by atoms with Gasteiger partial charge in [0, 0.05) is 31.5 Å². The Morgan fingerprint density at radius 1 is 1.30 bits per heavy atom. The molecule has 1 N–H and O–H groups in total. The first-order valence-electron chi connectivity index (χ1n) is 9.28. The van der Waals surface area contributed by atoms with Crippen LogP contribution in [0.4, 0.5) is 5.82 Å². The number of fused-ring (bicyclic) bond motifs is 1. The number of ether oxygens (including phenoxy) is 1. The second-order valence-electron chi connectivity index (χ2n) is 6.80. The third-order valence-corrected chi connectivity index (χ3v) is 5.22. The fourth-order valence-electron chi connectivity index (χ4n) is 3.90. The maximum Gasteiger partial charge on any atom is 0.227 e. The topological polar surface area (TPSA) is 58.9 Å². The molecule has 2 aromatic heterocycles. The molecule has 0 unspecified atom stereocenters. The Labute approximate surface area is 158 Å². The number of nitrogens with one attached hydrogen (secondary N) is 1. The number of methoxy groups -OCH3 is 1. The highest BCUT2D eigenvalue weighted by Gasteiger charge is 2.31. The van der Waals surface area contributed by atoms with Gasteiger partial charge in [-0.15, -0.1) is 0 Å². The molecule has 1 amide bonds. The van der Waals surface area contributed by atoms with Crippen LogP contribution in [0.1, 0.15) is 30.1 Å². The van der Waals surface area contributed by atoms with E-state index in [4.69, 9.17) is 9.72 Å². The molecular formula is C21H24N4O2. The maximum atomic E-state index is 13.1. The second-order valence-corrected chi connectivity index (χ2v) is 6.80. The zero-order chi connectivity index (χ0) is 18.8. The Morgan fingerprint density at radius 2 is 2.15 bits per heavy atom. The SMILES string of the molecule is CNc1nc([C@@H]2CCCN2C(=O)Cc2ccccc2OC)cn2cccc12. The van der Waals surface area contributed by atoms with Crippen molar-refractivity contribution in [2.24, 2.45) is 0 Å². The van der Waals surface area contributed by atoms with Crippen molar-refractivity contribution in [3.05, 3.63) is 60.0 Å². The highest BCUT2D eigenvalue weighted by Crippen LogP contribution is 2.33. The van der Waals surface area contributed by atoms with E-state index in [-0.39, 0.29) is 11.9 Å². The summed E-state index contributed by atoms with van der Waals surface area (Å²) in [5.41, 5.74) is 2.88. The summed E-state index contributed by atoms with van der Waals surface area (Å²) in [7, 11) is 3.51. The smallest absolute Gasteiger partial charge is 0.227 e. The molecule has 140 valence electrons. The van der Waals surface area contributed by atoms with Gasteiger partial charge < -0.3 is 19.4 Å². The van der Waals surface area contributed by atoms with E-state index < -0.39 is 0 Å². The molecule has 1 aliphatic heterocycles. The number of aromatic nitrogens is 2. The largest absolute Gasteiger partial charge is 0.496 e. The van der Waals surface area contributed by atoms with Crippen LogP contribution >= 0.6 is 0 Å². The van der Waals surface area contributed by atoms with Gasteiger partial charge >= 0.3 is 0 Å². The van der Waals surface area contributed by atoms with Crippen LogP contribution < -0.4 is 10.1 Å². The van der Waals surface area contributed by atoms with Crippen molar-refractivity contribution in [3.8, 4) is 5.75 Å². The molecule has 0 aliphatic carbocycles. The first kappa shape index (κ1) is 17.4. The minimum Gasteiger partial charge on any atom is -0.496 e. The molecule has 3 heterocycles. The molecule has 0 radical (unpaired) electrons. The predicted octanol–water partition coefficient (Wildman–Crippen LogP) is 3.29. The number of hydrogen-bond donors (Lipinski definition) is 1. The first-order valence-corrected chi connectivity index (χ1v) is 9.28. The number of para-hydroxylation sites is 1. The maximum absolute atomic E-state index is 13.1. The van der Waals surface area contributed by atoms with Crippen molar-refractivity contribution in [2.75, 3.05) is 26.0 Å². The van der Waals surface area contributed by atoms with E-state index in [0.717, 1.165) is 47.7 Å². The fraction of sp³-hybridized carbons (Fsp3) is 0.333. The first-order chi connectivity index (χ1) is 13.2. The number of carbonyl (C=O) groups is 1. The van der Waals surface area contributed by atoms with E-state index >= 15 is 0 Å². The molecule has 3 aromatic rings. The van der Waals surface area contributed by atoms with Crippen LogP contribution in [-0.4, -0.2) is 40.9 Å². The van der Waals surface area contributed by atoms with Crippen LogP contribution in [0.25, 0.3) is 5.52 Å². The van der Waals surface area contributed by atoms with Crippen LogP contribution in [0.5, 0.6) is 5.75 Å².